The van der Waals surface area contributed by atoms with E-state index in [0.29, 0.717) is 24.2 Å². The number of hydrogen-bond donors (Lipinski definition) is 2. The van der Waals surface area contributed by atoms with Gasteiger partial charge in [-0.25, -0.2) is 0 Å². The molecule has 0 unspecified atom stereocenters. The van der Waals surface area contributed by atoms with Crippen LogP contribution in [0.2, 0.25) is 0 Å². The van der Waals surface area contributed by atoms with Gasteiger partial charge in [-0.1, -0.05) is 32.8 Å². The van der Waals surface area contributed by atoms with Crippen LogP contribution in [0.4, 0.5) is 11.4 Å². The fourth-order valence-corrected chi connectivity index (χ4v) is 3.08. The van der Waals surface area contributed by atoms with Crippen LogP contribution in [0.3, 0.4) is 0 Å². The molecule has 0 heterocycles. The molecule has 21 heavy (non-hydrogen) atoms. The van der Waals surface area contributed by atoms with Gasteiger partial charge in [0.05, 0.1) is 6.54 Å². The number of benzene rings is 1. The number of hydrogen-bond acceptors (Lipinski definition) is 3. The van der Waals surface area contributed by atoms with E-state index in [1.807, 2.05) is 18.2 Å². The number of nitrogen functional groups attached to an aromatic ring is 1. The molecule has 0 aliphatic heterocycles. The van der Waals surface area contributed by atoms with E-state index in [-0.39, 0.29) is 5.91 Å². The Balaban J connectivity index is 1.93. The van der Waals surface area contributed by atoms with Gasteiger partial charge in [0, 0.05) is 24.0 Å². The molecular formula is C17H27N3O. The van der Waals surface area contributed by atoms with Gasteiger partial charge in [0.1, 0.15) is 0 Å². The molecule has 3 N–H and O–H groups in total. The zero-order valence-electron chi connectivity index (χ0n) is 13.1. The molecule has 1 aromatic rings. The number of nitrogens with one attached hydrogen (secondary N) is 1. The van der Waals surface area contributed by atoms with Crippen molar-refractivity contribution in [3.05, 3.63) is 24.3 Å². The summed E-state index contributed by atoms with van der Waals surface area (Å²) in [6, 6.07) is 7.91. The van der Waals surface area contributed by atoms with E-state index in [0.717, 1.165) is 12.2 Å². The molecule has 2 rings (SSSR count). The summed E-state index contributed by atoms with van der Waals surface area (Å²) in [6.45, 7) is 5.86. The van der Waals surface area contributed by atoms with E-state index in [9.17, 15) is 4.79 Å². The van der Waals surface area contributed by atoms with Gasteiger partial charge < -0.3 is 11.1 Å². The maximum absolute atomic E-state index is 12.3. The van der Waals surface area contributed by atoms with Crippen molar-refractivity contribution in [3.63, 3.8) is 0 Å². The molecule has 1 amide bonds. The number of anilines is 2. The molecule has 0 radical (unpaired) electrons. The number of carbonyl (C=O) groups is 1. The van der Waals surface area contributed by atoms with Gasteiger partial charge in [-0.2, -0.15) is 0 Å². The van der Waals surface area contributed by atoms with E-state index < -0.39 is 0 Å². The lowest BCUT2D eigenvalue weighted by Crippen LogP contribution is -2.41. The van der Waals surface area contributed by atoms with E-state index in [4.69, 9.17) is 5.73 Å². The van der Waals surface area contributed by atoms with E-state index in [1.54, 1.807) is 6.07 Å². The number of nitrogens with two attached hydrogens (primary N) is 1. The Morgan fingerprint density at radius 1 is 1.38 bits per heavy atom. The third-order valence-corrected chi connectivity index (χ3v) is 3.96. The van der Waals surface area contributed by atoms with Crippen molar-refractivity contribution in [2.45, 2.75) is 45.6 Å². The van der Waals surface area contributed by atoms with Gasteiger partial charge in [0.25, 0.3) is 0 Å². The van der Waals surface area contributed by atoms with Crippen LogP contribution in [0.15, 0.2) is 24.3 Å². The lowest BCUT2D eigenvalue weighted by atomic mass is 10.1. The standard InChI is InChI=1S/C17H27N3O/c1-13(2)11-20(16-8-3-4-9-16)12-17(21)19-15-7-5-6-14(18)10-15/h5-7,10,13,16H,3-4,8-9,11-12,18H2,1-2H3,(H,19,21). The van der Waals surface area contributed by atoms with Gasteiger partial charge in [-0.3, -0.25) is 9.69 Å². The topological polar surface area (TPSA) is 58.4 Å². The Kier molecular flexibility index (Phi) is 5.62. The minimum absolute atomic E-state index is 0.0492. The molecule has 4 heteroatoms. The molecule has 1 aliphatic carbocycles. The van der Waals surface area contributed by atoms with Crippen molar-refractivity contribution in [1.82, 2.24) is 4.90 Å². The Labute approximate surface area is 127 Å². The molecule has 1 aromatic carbocycles. The molecule has 0 saturated heterocycles. The van der Waals surface area contributed by atoms with E-state index in [1.165, 1.54) is 25.7 Å². The fraction of sp³-hybridized carbons (Fsp3) is 0.588. The van der Waals surface area contributed by atoms with Gasteiger partial charge in [-0.05, 0) is 37.0 Å². The monoisotopic (exact) mass is 289 g/mol. The van der Waals surface area contributed by atoms with Crippen molar-refractivity contribution in [2.75, 3.05) is 24.1 Å². The van der Waals surface area contributed by atoms with Crippen LogP contribution in [-0.4, -0.2) is 29.9 Å². The summed E-state index contributed by atoms with van der Waals surface area (Å²) < 4.78 is 0. The highest BCUT2D eigenvalue weighted by Crippen LogP contribution is 2.24. The zero-order chi connectivity index (χ0) is 15.2. The molecule has 1 aliphatic rings. The molecule has 0 aromatic heterocycles. The van der Waals surface area contributed by atoms with Crippen LogP contribution < -0.4 is 11.1 Å². The van der Waals surface area contributed by atoms with Gasteiger partial charge in [0.2, 0.25) is 5.91 Å². The van der Waals surface area contributed by atoms with Crippen LogP contribution in [0, 0.1) is 5.92 Å². The number of rotatable bonds is 6. The van der Waals surface area contributed by atoms with Crippen LogP contribution in [0.5, 0.6) is 0 Å². The van der Waals surface area contributed by atoms with Crippen molar-refractivity contribution >= 4 is 17.3 Å². The third kappa shape index (κ3) is 5.05. The first-order valence-electron chi connectivity index (χ1n) is 7.94. The highest BCUT2D eigenvalue weighted by atomic mass is 16.2. The van der Waals surface area contributed by atoms with Crippen molar-refractivity contribution in [3.8, 4) is 0 Å². The summed E-state index contributed by atoms with van der Waals surface area (Å²) in [5, 5.41) is 2.95. The zero-order valence-corrected chi connectivity index (χ0v) is 13.1. The third-order valence-electron chi connectivity index (χ3n) is 3.96. The summed E-state index contributed by atoms with van der Waals surface area (Å²) in [5.41, 5.74) is 7.18. The highest BCUT2D eigenvalue weighted by molar-refractivity contribution is 5.92. The van der Waals surface area contributed by atoms with Crippen LogP contribution in [-0.2, 0) is 4.79 Å². The maximum atomic E-state index is 12.3. The second-order valence-corrected chi connectivity index (χ2v) is 6.44. The molecule has 0 bridgehead atoms. The normalized spacial score (nSPS) is 15.8. The van der Waals surface area contributed by atoms with Crippen LogP contribution in [0.1, 0.15) is 39.5 Å². The van der Waals surface area contributed by atoms with Gasteiger partial charge in [-0.15, -0.1) is 0 Å². The number of carbonyl (C=O) groups excluding carboxylic acids is 1. The summed E-state index contributed by atoms with van der Waals surface area (Å²) in [5.74, 6) is 0.624. The first-order valence-corrected chi connectivity index (χ1v) is 7.94. The second kappa shape index (κ2) is 7.46. The summed E-state index contributed by atoms with van der Waals surface area (Å²) in [6.07, 6.45) is 5.02. The molecule has 0 spiro atoms. The lowest BCUT2D eigenvalue weighted by Gasteiger charge is -2.29. The number of nitrogens with zero attached hydrogens (tertiary/aromatic N) is 1. The SMILES string of the molecule is CC(C)CN(CC(=O)Nc1cccc(N)c1)C1CCCC1. The fourth-order valence-electron chi connectivity index (χ4n) is 3.08. The minimum Gasteiger partial charge on any atom is -0.399 e. The average Bonchev–Trinajstić information content (AvgIpc) is 2.91. The van der Waals surface area contributed by atoms with E-state index in [2.05, 4.69) is 24.1 Å². The Hall–Kier alpha value is -1.55. The smallest absolute Gasteiger partial charge is 0.238 e. The molecule has 116 valence electrons. The molecule has 1 saturated carbocycles. The van der Waals surface area contributed by atoms with Crippen molar-refractivity contribution in [2.24, 2.45) is 5.92 Å². The lowest BCUT2D eigenvalue weighted by molar-refractivity contribution is -0.118. The van der Waals surface area contributed by atoms with Gasteiger partial charge >= 0.3 is 0 Å². The molecule has 1 fully saturated rings. The second-order valence-electron chi connectivity index (χ2n) is 6.44. The quantitative estimate of drug-likeness (QED) is 0.791. The highest BCUT2D eigenvalue weighted by Gasteiger charge is 2.24. The van der Waals surface area contributed by atoms with E-state index >= 15 is 0 Å². The van der Waals surface area contributed by atoms with Gasteiger partial charge in [0.15, 0.2) is 0 Å². The summed E-state index contributed by atoms with van der Waals surface area (Å²) >= 11 is 0. The van der Waals surface area contributed by atoms with Crippen molar-refractivity contribution < 1.29 is 4.79 Å². The minimum atomic E-state index is 0.0492. The Morgan fingerprint density at radius 2 is 2.10 bits per heavy atom. The number of amides is 1. The molecular weight excluding hydrogens is 262 g/mol. The maximum Gasteiger partial charge on any atom is 0.238 e. The molecule has 0 atom stereocenters. The van der Waals surface area contributed by atoms with Crippen LogP contribution in [0.25, 0.3) is 0 Å². The largest absolute Gasteiger partial charge is 0.399 e. The predicted octanol–water partition coefficient (Wildman–Crippen LogP) is 3.11. The summed E-state index contributed by atoms with van der Waals surface area (Å²) in [7, 11) is 0. The predicted molar refractivity (Wildman–Crippen MR) is 88.2 cm³/mol. The van der Waals surface area contributed by atoms with Crippen molar-refractivity contribution in [1.29, 1.82) is 0 Å². The average molecular weight is 289 g/mol. The Morgan fingerprint density at radius 3 is 2.71 bits per heavy atom. The molecule has 4 nitrogen and oxygen atoms in total. The first-order chi connectivity index (χ1) is 10.0. The first kappa shape index (κ1) is 15.8. The Bertz CT molecular complexity index is 467. The van der Waals surface area contributed by atoms with Crippen LogP contribution >= 0.6 is 0 Å². The summed E-state index contributed by atoms with van der Waals surface area (Å²) in [4.78, 5) is 14.6.